The van der Waals surface area contributed by atoms with E-state index in [9.17, 15) is 9.90 Å². The maximum absolute atomic E-state index is 12.7. The molecule has 0 radical (unpaired) electrons. The molecule has 1 unspecified atom stereocenters. The van der Waals surface area contributed by atoms with Crippen molar-refractivity contribution in [3.63, 3.8) is 0 Å². The molecular formula is C36H60O4. The van der Waals surface area contributed by atoms with E-state index >= 15 is 0 Å². The Bertz CT molecular complexity index is 832. The topological polar surface area (TPSA) is 55.8 Å². The van der Waals surface area contributed by atoms with Crippen LogP contribution in [0.25, 0.3) is 0 Å². The second-order valence-corrected chi connectivity index (χ2v) is 12.9. The van der Waals surface area contributed by atoms with E-state index in [-0.39, 0.29) is 24.4 Å². The molecule has 1 heterocycles. The van der Waals surface area contributed by atoms with E-state index < -0.39 is 11.2 Å². The molecule has 0 aromatic rings. The van der Waals surface area contributed by atoms with Gasteiger partial charge >= 0.3 is 5.97 Å². The van der Waals surface area contributed by atoms with Gasteiger partial charge in [-0.2, -0.15) is 0 Å². The fourth-order valence-electron chi connectivity index (χ4n) is 6.13. The minimum absolute atomic E-state index is 0.0947. The third-order valence-electron chi connectivity index (χ3n) is 8.74. The van der Waals surface area contributed by atoms with E-state index in [2.05, 4.69) is 39.5 Å². The molecule has 1 aliphatic heterocycles. The highest BCUT2D eigenvalue weighted by Gasteiger charge is 2.50. The van der Waals surface area contributed by atoms with Gasteiger partial charge in [-0.3, -0.25) is 4.79 Å². The van der Waals surface area contributed by atoms with E-state index in [1.807, 2.05) is 25.2 Å². The van der Waals surface area contributed by atoms with E-state index in [1.165, 1.54) is 76.2 Å². The Hall–Kier alpha value is -1.65. The Morgan fingerprint density at radius 1 is 1.05 bits per heavy atom. The van der Waals surface area contributed by atoms with Crippen molar-refractivity contribution in [3.8, 4) is 0 Å². The van der Waals surface area contributed by atoms with Crippen molar-refractivity contribution in [2.45, 2.75) is 148 Å². The van der Waals surface area contributed by atoms with Crippen LogP contribution in [0.3, 0.4) is 0 Å². The Kier molecular flexibility index (Phi) is 16.2. The van der Waals surface area contributed by atoms with Crippen molar-refractivity contribution in [2.75, 3.05) is 13.2 Å². The zero-order valence-corrected chi connectivity index (χ0v) is 26.4. The minimum Gasteiger partial charge on any atom is -0.462 e. The molecule has 0 aromatic carbocycles. The van der Waals surface area contributed by atoms with Crippen molar-refractivity contribution in [2.24, 2.45) is 11.8 Å². The number of allylic oxidation sites excluding steroid dienone is 4. The van der Waals surface area contributed by atoms with Crippen molar-refractivity contribution < 1.29 is 19.4 Å². The summed E-state index contributed by atoms with van der Waals surface area (Å²) in [5, 5.41) is 10.8. The molecular weight excluding hydrogens is 496 g/mol. The van der Waals surface area contributed by atoms with Gasteiger partial charge in [0.05, 0.1) is 12.2 Å². The first-order valence-corrected chi connectivity index (χ1v) is 16.4. The molecule has 1 N–H and O–H groups in total. The van der Waals surface area contributed by atoms with Crippen LogP contribution in [0.1, 0.15) is 137 Å². The summed E-state index contributed by atoms with van der Waals surface area (Å²) in [4.78, 5) is 12.7. The van der Waals surface area contributed by atoms with E-state index in [4.69, 9.17) is 9.47 Å². The molecule has 4 atom stereocenters. The number of aliphatic hydroxyl groups is 1. The summed E-state index contributed by atoms with van der Waals surface area (Å²) in [6.07, 6.45) is 29.4. The quantitative estimate of drug-likeness (QED) is 0.0790. The Balaban J connectivity index is 1.79. The van der Waals surface area contributed by atoms with Crippen molar-refractivity contribution in [1.29, 1.82) is 0 Å². The van der Waals surface area contributed by atoms with E-state index in [1.54, 1.807) is 0 Å². The first-order chi connectivity index (χ1) is 19.2. The zero-order chi connectivity index (χ0) is 29.3. The number of unbranched alkanes of at least 4 members (excludes halogenated alkanes) is 12. The highest BCUT2D eigenvalue weighted by atomic mass is 16.6. The van der Waals surface area contributed by atoms with E-state index in [0.717, 1.165) is 31.3 Å². The lowest BCUT2D eigenvalue weighted by Crippen LogP contribution is -2.41. The summed E-state index contributed by atoms with van der Waals surface area (Å²) in [5.74, 6) is 0.132. The molecule has 2 rings (SSSR count). The first-order valence-electron chi connectivity index (χ1n) is 16.4. The molecule has 1 aliphatic carbocycles. The van der Waals surface area contributed by atoms with Gasteiger partial charge in [-0.1, -0.05) is 126 Å². The van der Waals surface area contributed by atoms with Gasteiger partial charge in [-0.25, -0.2) is 0 Å². The summed E-state index contributed by atoms with van der Waals surface area (Å²) in [5.41, 5.74) is 0.755. The summed E-state index contributed by atoms with van der Waals surface area (Å²) in [7, 11) is 0. The third kappa shape index (κ3) is 12.9. The highest BCUT2D eigenvalue weighted by Crippen LogP contribution is 2.46. The molecule has 1 saturated heterocycles. The van der Waals surface area contributed by atoms with Gasteiger partial charge in [-0.15, -0.1) is 0 Å². The lowest BCUT2D eigenvalue weighted by Gasteiger charge is -2.34. The number of rotatable bonds is 18. The molecule has 0 bridgehead atoms. The Labute approximate surface area is 246 Å². The van der Waals surface area contributed by atoms with Crippen LogP contribution in [-0.2, 0) is 14.3 Å². The monoisotopic (exact) mass is 556 g/mol. The van der Waals surface area contributed by atoms with Gasteiger partial charge in [0, 0.05) is 18.3 Å². The first kappa shape index (κ1) is 34.6. The largest absolute Gasteiger partial charge is 0.462 e. The predicted octanol–water partition coefficient (Wildman–Crippen LogP) is 9.58. The number of hydrogen-bond acceptors (Lipinski definition) is 4. The van der Waals surface area contributed by atoms with Crippen LogP contribution >= 0.6 is 0 Å². The van der Waals surface area contributed by atoms with Crippen LogP contribution in [0.5, 0.6) is 0 Å². The summed E-state index contributed by atoms with van der Waals surface area (Å²) >= 11 is 0. The molecule has 1 fully saturated rings. The summed E-state index contributed by atoms with van der Waals surface area (Å²) < 4.78 is 12.4. The highest BCUT2D eigenvalue weighted by molar-refractivity contribution is 5.69. The minimum atomic E-state index is -0.863. The number of esters is 1. The number of hydrogen-bond donors (Lipinski definition) is 1. The number of ether oxygens (including phenoxy) is 2. The fourth-order valence-corrected chi connectivity index (χ4v) is 6.13. The van der Waals surface area contributed by atoms with Gasteiger partial charge in [0.1, 0.15) is 12.2 Å². The normalized spacial score (nSPS) is 27.6. The Morgan fingerprint density at radius 2 is 1.65 bits per heavy atom. The molecule has 0 amide bonds. The van der Waals surface area contributed by atoms with Gasteiger partial charge in [0.15, 0.2) is 0 Å². The molecule has 4 heteroatoms. The summed E-state index contributed by atoms with van der Waals surface area (Å²) in [6.45, 7) is 13.4. The van der Waals surface area contributed by atoms with Crippen molar-refractivity contribution in [3.05, 3.63) is 48.1 Å². The van der Waals surface area contributed by atoms with Crippen LogP contribution in [-0.4, -0.2) is 35.5 Å². The Morgan fingerprint density at radius 3 is 2.25 bits per heavy atom. The van der Waals surface area contributed by atoms with Crippen LogP contribution in [0.2, 0.25) is 0 Å². The second-order valence-electron chi connectivity index (χ2n) is 12.9. The summed E-state index contributed by atoms with van der Waals surface area (Å²) in [6, 6.07) is 0. The molecule has 4 nitrogen and oxygen atoms in total. The van der Waals surface area contributed by atoms with Gasteiger partial charge in [0.25, 0.3) is 0 Å². The standard InChI is InChI=1S/C36H60O4/c1-6-7-8-9-10-11-12-13-14-15-16-17-18-23-34(37)39-29-36(26-19-21-30(2)3)33-24-27-35(5,38)25-20-22-31(4)32(33)28-40-36/h19-21,25-26,32-33,38H,4,6-18,22-24,27-29H2,1-3,5H3/b25-20-,26-19+/t32-,33?,35+,36-/m0/s1. The van der Waals surface area contributed by atoms with Crippen LogP contribution in [0.4, 0.5) is 0 Å². The third-order valence-corrected chi connectivity index (χ3v) is 8.74. The van der Waals surface area contributed by atoms with Crippen molar-refractivity contribution >= 4 is 5.97 Å². The van der Waals surface area contributed by atoms with Crippen LogP contribution < -0.4 is 0 Å². The van der Waals surface area contributed by atoms with E-state index in [0.29, 0.717) is 19.4 Å². The molecule has 2 aliphatic rings. The maximum atomic E-state index is 12.7. The number of fused-ring (bicyclic) bond motifs is 1. The number of carbonyl (C=O) groups is 1. The van der Waals surface area contributed by atoms with Crippen LogP contribution in [0.15, 0.2) is 48.1 Å². The molecule has 228 valence electrons. The molecule has 0 saturated carbocycles. The maximum Gasteiger partial charge on any atom is 0.305 e. The van der Waals surface area contributed by atoms with Crippen LogP contribution in [0, 0.1) is 11.8 Å². The smallest absolute Gasteiger partial charge is 0.305 e. The van der Waals surface area contributed by atoms with Crippen molar-refractivity contribution in [1.82, 2.24) is 0 Å². The lowest BCUT2D eigenvalue weighted by molar-refractivity contribution is -0.151. The molecule has 0 aromatic heterocycles. The average Bonchev–Trinajstić information content (AvgIpc) is 3.28. The lowest BCUT2D eigenvalue weighted by atomic mass is 9.74. The van der Waals surface area contributed by atoms with Gasteiger partial charge in [-0.05, 0) is 52.5 Å². The zero-order valence-electron chi connectivity index (χ0n) is 26.4. The SMILES string of the molecule is C=C1C/C=C\[C@@](C)(O)CCC2[C@H]1CO[C@@]2(/C=C/C=C(C)C)COC(=O)CCCCCCCCCCCCCCC. The number of carbonyl (C=O) groups excluding carboxylic acids is 1. The van der Waals surface area contributed by atoms with Gasteiger partial charge in [0.2, 0.25) is 0 Å². The average molecular weight is 557 g/mol. The second kappa shape index (κ2) is 18.7. The predicted molar refractivity (Wildman–Crippen MR) is 168 cm³/mol. The molecule has 0 spiro atoms. The van der Waals surface area contributed by atoms with Gasteiger partial charge < -0.3 is 14.6 Å². The molecule has 40 heavy (non-hydrogen) atoms. The fraction of sp³-hybridized carbons (Fsp3) is 0.750.